The first-order chi connectivity index (χ1) is 11.5. The van der Waals surface area contributed by atoms with Gasteiger partial charge in [-0.1, -0.05) is 18.2 Å². The zero-order valence-electron chi connectivity index (χ0n) is 13.9. The second-order valence-corrected chi connectivity index (χ2v) is 6.38. The number of aliphatic hydroxyl groups is 1. The van der Waals surface area contributed by atoms with Crippen LogP contribution >= 0.6 is 0 Å². The van der Waals surface area contributed by atoms with E-state index in [0.29, 0.717) is 25.6 Å². The molecule has 1 fully saturated rings. The van der Waals surface area contributed by atoms with Crippen LogP contribution in [0.4, 0.5) is 13.2 Å². The first kappa shape index (κ1) is 19.2. The summed E-state index contributed by atoms with van der Waals surface area (Å²) in [4.78, 5) is 2.34. The molecule has 1 saturated heterocycles. The number of aryl methyl sites for hydroxylation is 1. The average molecular weight is 345 g/mol. The second-order valence-electron chi connectivity index (χ2n) is 6.38. The molecule has 1 atom stereocenters. The first-order valence-corrected chi connectivity index (χ1v) is 8.56. The van der Waals surface area contributed by atoms with Crippen molar-refractivity contribution >= 4 is 0 Å². The van der Waals surface area contributed by atoms with Gasteiger partial charge in [0.2, 0.25) is 0 Å². The van der Waals surface area contributed by atoms with Crippen molar-refractivity contribution in [3.05, 3.63) is 35.4 Å². The summed E-state index contributed by atoms with van der Waals surface area (Å²) >= 11 is 0. The third-order valence-corrected chi connectivity index (χ3v) is 4.49. The fourth-order valence-corrected chi connectivity index (χ4v) is 3.22. The van der Waals surface area contributed by atoms with Crippen LogP contribution in [0.2, 0.25) is 0 Å². The summed E-state index contributed by atoms with van der Waals surface area (Å²) in [5, 5.41) is 8.68. The SMILES string of the molecule is OCCOCCN1CCCC(CCc2cccc(C(F)(F)F)c2)C1. The molecule has 1 N–H and O–H groups in total. The van der Waals surface area contributed by atoms with Crippen molar-refractivity contribution < 1.29 is 23.0 Å². The van der Waals surface area contributed by atoms with Crippen LogP contribution in [0.3, 0.4) is 0 Å². The maximum Gasteiger partial charge on any atom is 0.416 e. The molecule has 1 aliphatic heterocycles. The minimum Gasteiger partial charge on any atom is -0.394 e. The number of benzene rings is 1. The fraction of sp³-hybridized carbons (Fsp3) is 0.667. The van der Waals surface area contributed by atoms with Gasteiger partial charge in [-0.05, 0) is 49.8 Å². The van der Waals surface area contributed by atoms with Crippen molar-refractivity contribution in [3.8, 4) is 0 Å². The number of rotatable bonds is 8. The lowest BCUT2D eigenvalue weighted by atomic mass is 9.91. The van der Waals surface area contributed by atoms with Crippen molar-refractivity contribution in [2.45, 2.75) is 31.9 Å². The highest BCUT2D eigenvalue weighted by atomic mass is 19.4. The normalized spacial score (nSPS) is 19.6. The number of ether oxygens (including phenoxy) is 1. The van der Waals surface area contributed by atoms with E-state index in [0.717, 1.165) is 50.5 Å². The van der Waals surface area contributed by atoms with Gasteiger partial charge in [0.05, 0.1) is 25.4 Å². The minimum atomic E-state index is -4.27. The third-order valence-electron chi connectivity index (χ3n) is 4.49. The number of aliphatic hydroxyl groups excluding tert-OH is 1. The predicted molar refractivity (Wildman–Crippen MR) is 86.8 cm³/mol. The lowest BCUT2D eigenvalue weighted by molar-refractivity contribution is -0.137. The summed E-state index contributed by atoms with van der Waals surface area (Å²) in [5.41, 5.74) is 0.194. The number of piperidine rings is 1. The highest BCUT2D eigenvalue weighted by molar-refractivity contribution is 5.25. The highest BCUT2D eigenvalue weighted by Gasteiger charge is 2.30. The number of hydrogen-bond acceptors (Lipinski definition) is 3. The Labute approximate surface area is 141 Å². The molecule has 1 heterocycles. The van der Waals surface area contributed by atoms with Gasteiger partial charge >= 0.3 is 6.18 Å². The summed E-state index contributed by atoms with van der Waals surface area (Å²) < 4.78 is 43.6. The molecule has 1 unspecified atom stereocenters. The van der Waals surface area contributed by atoms with Gasteiger partial charge in [-0.25, -0.2) is 0 Å². The van der Waals surface area contributed by atoms with E-state index in [1.54, 1.807) is 6.07 Å². The van der Waals surface area contributed by atoms with Crippen LogP contribution in [0.1, 0.15) is 30.4 Å². The van der Waals surface area contributed by atoms with Crippen LogP contribution in [0.15, 0.2) is 24.3 Å². The zero-order chi connectivity index (χ0) is 17.4. The molecule has 0 radical (unpaired) electrons. The van der Waals surface area contributed by atoms with E-state index in [9.17, 15) is 13.2 Å². The molecule has 0 aromatic heterocycles. The van der Waals surface area contributed by atoms with Crippen LogP contribution in [0.25, 0.3) is 0 Å². The third kappa shape index (κ3) is 6.42. The molecule has 3 nitrogen and oxygen atoms in total. The number of alkyl halides is 3. The topological polar surface area (TPSA) is 32.7 Å². The van der Waals surface area contributed by atoms with Crippen LogP contribution in [-0.2, 0) is 17.3 Å². The van der Waals surface area contributed by atoms with E-state index in [4.69, 9.17) is 9.84 Å². The molecule has 0 saturated carbocycles. The van der Waals surface area contributed by atoms with E-state index in [1.165, 1.54) is 12.1 Å². The largest absolute Gasteiger partial charge is 0.416 e. The summed E-state index contributed by atoms with van der Waals surface area (Å²) in [6.07, 6.45) is -0.425. The van der Waals surface area contributed by atoms with Crippen molar-refractivity contribution in [1.29, 1.82) is 0 Å². The van der Waals surface area contributed by atoms with Crippen molar-refractivity contribution in [2.75, 3.05) is 39.5 Å². The van der Waals surface area contributed by atoms with Crippen LogP contribution in [-0.4, -0.2) is 49.5 Å². The Bertz CT molecular complexity index is 493. The molecule has 2 rings (SSSR count). The van der Waals surface area contributed by atoms with Gasteiger partial charge in [-0.3, -0.25) is 0 Å². The predicted octanol–water partition coefficient (Wildman–Crippen LogP) is 3.36. The molecular formula is C18H26F3NO2. The van der Waals surface area contributed by atoms with E-state index in [1.807, 2.05) is 0 Å². The van der Waals surface area contributed by atoms with E-state index in [2.05, 4.69) is 4.90 Å². The fourth-order valence-electron chi connectivity index (χ4n) is 3.22. The Morgan fingerprint density at radius 3 is 2.83 bits per heavy atom. The van der Waals surface area contributed by atoms with E-state index < -0.39 is 11.7 Å². The smallest absolute Gasteiger partial charge is 0.394 e. The molecule has 1 aromatic rings. The van der Waals surface area contributed by atoms with Crippen molar-refractivity contribution in [3.63, 3.8) is 0 Å². The molecule has 6 heteroatoms. The van der Waals surface area contributed by atoms with Gasteiger partial charge in [-0.15, -0.1) is 0 Å². The summed E-state index contributed by atoms with van der Waals surface area (Å²) in [7, 11) is 0. The van der Waals surface area contributed by atoms with E-state index in [-0.39, 0.29) is 6.61 Å². The van der Waals surface area contributed by atoms with Gasteiger partial charge in [0.15, 0.2) is 0 Å². The summed E-state index contributed by atoms with van der Waals surface area (Å²) in [5.74, 6) is 0.520. The minimum absolute atomic E-state index is 0.0413. The van der Waals surface area contributed by atoms with E-state index >= 15 is 0 Å². The maximum absolute atomic E-state index is 12.8. The molecule has 0 bridgehead atoms. The van der Waals surface area contributed by atoms with Crippen LogP contribution in [0, 0.1) is 5.92 Å². The quantitative estimate of drug-likeness (QED) is 0.734. The Morgan fingerprint density at radius 2 is 2.08 bits per heavy atom. The lowest BCUT2D eigenvalue weighted by Gasteiger charge is -2.32. The van der Waals surface area contributed by atoms with Gasteiger partial charge in [0, 0.05) is 13.1 Å². The number of likely N-dealkylation sites (tertiary alicyclic amines) is 1. The zero-order valence-corrected chi connectivity index (χ0v) is 13.9. The second kappa shape index (κ2) is 9.39. The Balaban J connectivity index is 1.77. The van der Waals surface area contributed by atoms with Crippen molar-refractivity contribution in [2.24, 2.45) is 5.92 Å². The Morgan fingerprint density at radius 1 is 1.25 bits per heavy atom. The van der Waals surface area contributed by atoms with Gasteiger partial charge in [0.1, 0.15) is 0 Å². The Kier molecular flexibility index (Phi) is 7.52. The van der Waals surface area contributed by atoms with Gasteiger partial charge in [-0.2, -0.15) is 13.2 Å². The standard InChI is InChI=1S/C18H26F3NO2/c19-18(20,21)17-5-1-3-15(13-17)6-7-16-4-2-8-22(14-16)9-11-24-12-10-23/h1,3,5,13,16,23H,2,4,6-12,14H2. The van der Waals surface area contributed by atoms with Crippen LogP contribution in [0.5, 0.6) is 0 Å². The number of nitrogens with zero attached hydrogens (tertiary/aromatic N) is 1. The van der Waals surface area contributed by atoms with Crippen molar-refractivity contribution in [1.82, 2.24) is 4.90 Å². The van der Waals surface area contributed by atoms with Gasteiger partial charge in [0.25, 0.3) is 0 Å². The number of hydrogen-bond donors (Lipinski definition) is 1. The molecule has 24 heavy (non-hydrogen) atoms. The Hall–Kier alpha value is -1.11. The lowest BCUT2D eigenvalue weighted by Crippen LogP contribution is -2.37. The maximum atomic E-state index is 12.8. The highest BCUT2D eigenvalue weighted by Crippen LogP contribution is 2.30. The molecule has 0 spiro atoms. The molecule has 0 amide bonds. The molecule has 1 aromatic carbocycles. The first-order valence-electron chi connectivity index (χ1n) is 8.56. The summed E-state index contributed by atoms with van der Waals surface area (Å²) in [6.45, 7) is 3.89. The molecular weight excluding hydrogens is 319 g/mol. The van der Waals surface area contributed by atoms with Crippen LogP contribution < -0.4 is 0 Å². The number of halogens is 3. The summed E-state index contributed by atoms with van der Waals surface area (Å²) in [6, 6.07) is 5.66. The molecule has 0 aliphatic carbocycles. The molecule has 136 valence electrons. The molecule has 1 aliphatic rings. The monoisotopic (exact) mass is 345 g/mol. The van der Waals surface area contributed by atoms with Gasteiger partial charge < -0.3 is 14.7 Å². The average Bonchev–Trinajstić information content (AvgIpc) is 2.57.